The van der Waals surface area contributed by atoms with Crippen LogP contribution in [0.15, 0.2) is 41.9 Å². The fraction of sp³-hybridized carbons (Fsp3) is 0.158. The molecule has 0 saturated carbocycles. The average Bonchev–Trinajstić information content (AvgIpc) is 3.33. The Morgan fingerprint density at radius 2 is 2.00 bits per heavy atom. The van der Waals surface area contributed by atoms with Crippen molar-refractivity contribution in [2.75, 3.05) is 12.1 Å². The van der Waals surface area contributed by atoms with Crippen molar-refractivity contribution in [1.29, 1.82) is 0 Å². The van der Waals surface area contributed by atoms with Crippen molar-refractivity contribution < 1.29 is 9.47 Å². The number of rotatable bonds is 3. The van der Waals surface area contributed by atoms with E-state index in [0.717, 1.165) is 50.6 Å². The molecule has 1 aliphatic heterocycles. The first-order valence-electron chi connectivity index (χ1n) is 8.26. The molecule has 6 nitrogen and oxygen atoms in total. The zero-order valence-corrected chi connectivity index (χ0v) is 15.1. The quantitative estimate of drug-likeness (QED) is 0.578. The molecule has 3 aromatic heterocycles. The second-order valence-electron chi connectivity index (χ2n) is 6.16. The van der Waals surface area contributed by atoms with E-state index in [2.05, 4.69) is 22.7 Å². The van der Waals surface area contributed by atoms with E-state index >= 15 is 0 Å². The van der Waals surface area contributed by atoms with Crippen LogP contribution in [0.2, 0.25) is 0 Å². The largest absolute Gasteiger partial charge is 0.454 e. The topological polar surface area (TPSA) is 60.7 Å². The predicted octanol–water partition coefficient (Wildman–Crippen LogP) is 4.55. The molecule has 1 aliphatic rings. The van der Waals surface area contributed by atoms with Crippen molar-refractivity contribution in [2.45, 2.75) is 13.8 Å². The van der Waals surface area contributed by atoms with Gasteiger partial charge in [0.15, 0.2) is 16.6 Å². The number of thiazole rings is 1. The number of hydrogen-bond donors (Lipinski definition) is 1. The summed E-state index contributed by atoms with van der Waals surface area (Å²) in [5.41, 5.74) is 5.95. The molecular formula is C19H16N4O2S. The first-order valence-corrected chi connectivity index (χ1v) is 9.14. The maximum atomic E-state index is 5.43. The van der Waals surface area contributed by atoms with Crippen LogP contribution in [0.25, 0.3) is 17.0 Å². The van der Waals surface area contributed by atoms with Crippen LogP contribution in [0.5, 0.6) is 11.5 Å². The van der Waals surface area contributed by atoms with Gasteiger partial charge in [0, 0.05) is 23.3 Å². The van der Waals surface area contributed by atoms with E-state index in [4.69, 9.17) is 19.4 Å². The Bertz CT molecular complexity index is 1130. The van der Waals surface area contributed by atoms with E-state index in [-0.39, 0.29) is 6.79 Å². The lowest BCUT2D eigenvalue weighted by atomic mass is 10.2. The van der Waals surface area contributed by atoms with Crippen LogP contribution in [-0.2, 0) is 0 Å². The van der Waals surface area contributed by atoms with E-state index in [0.29, 0.717) is 0 Å². The summed E-state index contributed by atoms with van der Waals surface area (Å²) in [5.74, 6) is 1.52. The van der Waals surface area contributed by atoms with Gasteiger partial charge in [-0.15, -0.1) is 11.3 Å². The number of nitrogens with one attached hydrogen (secondary N) is 1. The Morgan fingerprint density at radius 1 is 1.12 bits per heavy atom. The van der Waals surface area contributed by atoms with Crippen LogP contribution in [-0.4, -0.2) is 21.2 Å². The van der Waals surface area contributed by atoms with Crippen molar-refractivity contribution in [3.63, 3.8) is 0 Å². The molecule has 130 valence electrons. The van der Waals surface area contributed by atoms with E-state index in [1.807, 2.05) is 42.8 Å². The maximum Gasteiger partial charge on any atom is 0.231 e. The summed E-state index contributed by atoms with van der Waals surface area (Å²) in [4.78, 5) is 9.46. The maximum absolute atomic E-state index is 5.43. The van der Waals surface area contributed by atoms with Gasteiger partial charge in [-0.25, -0.2) is 9.97 Å². The molecular weight excluding hydrogens is 348 g/mol. The molecule has 0 saturated heterocycles. The second-order valence-corrected chi connectivity index (χ2v) is 7.02. The summed E-state index contributed by atoms with van der Waals surface area (Å²) in [7, 11) is 0. The number of pyridine rings is 1. The molecule has 0 aliphatic carbocycles. The highest BCUT2D eigenvalue weighted by molar-refractivity contribution is 7.14. The van der Waals surface area contributed by atoms with E-state index in [1.54, 1.807) is 11.3 Å². The first-order chi connectivity index (χ1) is 12.7. The normalized spacial score (nSPS) is 12.7. The SMILES string of the molecule is Cc1nc2c(C)cccn2c1-c1csc(Nc2ccc3c(c2)OCO3)n1. The monoisotopic (exact) mass is 364 g/mol. The summed E-state index contributed by atoms with van der Waals surface area (Å²) in [6, 6.07) is 9.88. The molecule has 4 aromatic rings. The van der Waals surface area contributed by atoms with Crippen LogP contribution in [0.4, 0.5) is 10.8 Å². The van der Waals surface area contributed by atoms with Crippen molar-refractivity contribution in [1.82, 2.24) is 14.4 Å². The first kappa shape index (κ1) is 15.2. The minimum atomic E-state index is 0.271. The van der Waals surface area contributed by atoms with Gasteiger partial charge in [-0.1, -0.05) is 6.07 Å². The molecule has 1 N–H and O–H groups in total. The number of ether oxygens (including phenoxy) is 2. The lowest BCUT2D eigenvalue weighted by molar-refractivity contribution is 0.174. The number of fused-ring (bicyclic) bond motifs is 2. The van der Waals surface area contributed by atoms with Crippen molar-refractivity contribution >= 4 is 27.8 Å². The fourth-order valence-corrected chi connectivity index (χ4v) is 3.88. The Morgan fingerprint density at radius 3 is 2.92 bits per heavy atom. The van der Waals surface area contributed by atoms with Gasteiger partial charge in [0.25, 0.3) is 0 Å². The lowest BCUT2D eigenvalue weighted by Gasteiger charge is -2.04. The second kappa shape index (κ2) is 5.74. The third kappa shape index (κ3) is 2.40. The number of benzene rings is 1. The molecule has 0 atom stereocenters. The van der Waals surface area contributed by atoms with Crippen molar-refractivity contribution in [2.24, 2.45) is 0 Å². The molecule has 0 spiro atoms. The number of nitrogens with zero attached hydrogens (tertiary/aromatic N) is 3. The summed E-state index contributed by atoms with van der Waals surface area (Å²) in [6.07, 6.45) is 2.03. The number of imidazole rings is 1. The van der Waals surface area contributed by atoms with Gasteiger partial charge in [-0.2, -0.15) is 0 Å². The van der Waals surface area contributed by atoms with E-state index in [1.165, 1.54) is 0 Å². The third-order valence-electron chi connectivity index (χ3n) is 4.39. The number of hydrogen-bond acceptors (Lipinski definition) is 6. The highest BCUT2D eigenvalue weighted by Gasteiger charge is 2.16. The summed E-state index contributed by atoms with van der Waals surface area (Å²) in [5, 5.41) is 6.21. The van der Waals surface area contributed by atoms with Crippen LogP contribution < -0.4 is 14.8 Å². The molecule has 0 bridgehead atoms. The molecule has 5 rings (SSSR count). The Kier molecular flexibility index (Phi) is 3.36. The molecule has 0 radical (unpaired) electrons. The summed E-state index contributed by atoms with van der Waals surface area (Å²) < 4.78 is 12.9. The van der Waals surface area contributed by atoms with Crippen molar-refractivity contribution in [3.05, 3.63) is 53.2 Å². The zero-order chi connectivity index (χ0) is 17.7. The highest BCUT2D eigenvalue weighted by Crippen LogP contribution is 2.36. The standard InChI is InChI=1S/C19H16N4O2S/c1-11-4-3-7-23-17(12(2)20-18(11)23)14-9-26-19(22-14)21-13-5-6-15-16(8-13)25-10-24-15/h3-9H,10H2,1-2H3,(H,21,22). The Labute approximate surface area is 154 Å². The fourth-order valence-electron chi connectivity index (χ4n) is 3.16. The highest BCUT2D eigenvalue weighted by atomic mass is 32.1. The average molecular weight is 364 g/mol. The van der Waals surface area contributed by atoms with Gasteiger partial charge in [0.05, 0.1) is 11.4 Å². The third-order valence-corrected chi connectivity index (χ3v) is 5.15. The van der Waals surface area contributed by atoms with Crippen LogP contribution in [0, 0.1) is 13.8 Å². The minimum Gasteiger partial charge on any atom is -0.454 e. The summed E-state index contributed by atoms with van der Waals surface area (Å²) in [6.45, 7) is 4.36. The minimum absolute atomic E-state index is 0.271. The zero-order valence-electron chi connectivity index (χ0n) is 14.3. The van der Waals surface area contributed by atoms with Gasteiger partial charge >= 0.3 is 0 Å². The van der Waals surface area contributed by atoms with Crippen molar-refractivity contribution in [3.8, 4) is 22.9 Å². The van der Waals surface area contributed by atoms with Crippen LogP contribution in [0.1, 0.15) is 11.3 Å². The predicted molar refractivity (Wildman–Crippen MR) is 102 cm³/mol. The van der Waals surface area contributed by atoms with Gasteiger partial charge in [0.1, 0.15) is 11.3 Å². The van der Waals surface area contributed by atoms with E-state index < -0.39 is 0 Å². The molecule has 26 heavy (non-hydrogen) atoms. The Hall–Kier alpha value is -3.06. The van der Waals surface area contributed by atoms with Crippen LogP contribution in [0.3, 0.4) is 0 Å². The van der Waals surface area contributed by atoms with Crippen LogP contribution >= 0.6 is 11.3 Å². The summed E-state index contributed by atoms with van der Waals surface area (Å²) >= 11 is 1.56. The van der Waals surface area contributed by atoms with Gasteiger partial charge in [-0.05, 0) is 37.6 Å². The molecule has 1 aromatic carbocycles. The lowest BCUT2D eigenvalue weighted by Crippen LogP contribution is -1.93. The van der Waals surface area contributed by atoms with Gasteiger partial charge < -0.3 is 14.8 Å². The molecule has 4 heterocycles. The molecule has 0 fully saturated rings. The molecule has 0 amide bonds. The molecule has 7 heteroatoms. The van der Waals surface area contributed by atoms with E-state index in [9.17, 15) is 0 Å². The number of anilines is 2. The molecule has 0 unspecified atom stereocenters. The number of aromatic nitrogens is 3. The van der Waals surface area contributed by atoms with Gasteiger partial charge in [0.2, 0.25) is 6.79 Å². The van der Waals surface area contributed by atoms with Gasteiger partial charge in [-0.3, -0.25) is 4.40 Å². The Balaban J connectivity index is 1.49. The smallest absolute Gasteiger partial charge is 0.231 e. The number of aryl methyl sites for hydroxylation is 2.